The second-order valence-electron chi connectivity index (χ2n) is 10.8. The van der Waals surface area contributed by atoms with Crippen molar-refractivity contribution in [3.05, 3.63) is 40.5 Å². The van der Waals surface area contributed by atoms with Gasteiger partial charge in [0, 0.05) is 6.42 Å². The third-order valence-electron chi connectivity index (χ3n) is 6.61. The second kappa shape index (κ2) is 6.20. The number of benzene rings is 1. The summed E-state index contributed by atoms with van der Waals surface area (Å²) in [5, 5.41) is 0. The maximum absolute atomic E-state index is 13.8. The fraction of sp³-hybridized carbons (Fsp3) is 0.625. The molecule has 1 aromatic rings. The summed E-state index contributed by atoms with van der Waals surface area (Å²) < 4.78 is 6.07. The first-order valence-electron chi connectivity index (χ1n) is 10.2. The zero-order valence-corrected chi connectivity index (χ0v) is 20.9. The van der Waals surface area contributed by atoms with Crippen LogP contribution in [-0.2, 0) is 23.1 Å². The van der Waals surface area contributed by atoms with E-state index in [0.29, 0.717) is 6.42 Å². The van der Waals surface area contributed by atoms with Gasteiger partial charge < -0.3 is 4.74 Å². The van der Waals surface area contributed by atoms with Gasteiger partial charge in [-0.2, -0.15) is 0 Å². The minimum Gasteiger partial charge on any atom is -0.477 e. The van der Waals surface area contributed by atoms with Crippen LogP contribution in [0.5, 0.6) is 5.75 Å². The molecule has 0 radical (unpaired) electrons. The number of carbonyl (C=O) groups excluding carboxylic acids is 1. The molecule has 28 heavy (non-hydrogen) atoms. The summed E-state index contributed by atoms with van der Waals surface area (Å²) in [5.41, 5.74) is 4.32. The Kier molecular flexibility index (Phi) is 4.57. The van der Waals surface area contributed by atoms with Crippen molar-refractivity contribution in [1.82, 2.24) is 0 Å². The number of ether oxygens (including phenoxy) is 1. The zero-order chi connectivity index (χ0) is 20.7. The molecule has 3 aliphatic rings. The number of carbonyl (C=O) groups is 1. The third kappa shape index (κ3) is 2.96. The highest BCUT2D eigenvalue weighted by atomic mass is 79.9. The number of ketones is 1. The Morgan fingerprint density at radius 1 is 1.00 bits per heavy atom. The van der Waals surface area contributed by atoms with Gasteiger partial charge in [-0.1, -0.05) is 91.6 Å². The average molecular weight is 510 g/mol. The molecule has 152 valence electrons. The molecule has 0 saturated heterocycles. The third-order valence-corrected chi connectivity index (χ3v) is 8.83. The Balaban J connectivity index is 1.93. The van der Waals surface area contributed by atoms with Crippen molar-refractivity contribution in [1.29, 1.82) is 0 Å². The van der Waals surface area contributed by atoms with Crippen molar-refractivity contribution in [2.45, 2.75) is 87.4 Å². The van der Waals surface area contributed by atoms with Crippen LogP contribution < -0.4 is 4.74 Å². The van der Waals surface area contributed by atoms with Crippen LogP contribution in [0.25, 0.3) is 0 Å². The van der Waals surface area contributed by atoms with Crippen molar-refractivity contribution >= 4 is 37.6 Å². The summed E-state index contributed by atoms with van der Waals surface area (Å²) in [6.07, 6.45) is 5.36. The van der Waals surface area contributed by atoms with Gasteiger partial charge >= 0.3 is 0 Å². The molecule has 2 nitrogen and oxygen atoms in total. The molecule has 1 aromatic carbocycles. The van der Waals surface area contributed by atoms with E-state index in [1.54, 1.807) is 0 Å². The molecule has 4 rings (SSSR count). The van der Waals surface area contributed by atoms with E-state index in [4.69, 9.17) is 4.74 Å². The normalized spacial score (nSPS) is 32.2. The molecule has 0 amide bonds. The van der Waals surface area contributed by atoms with Crippen molar-refractivity contribution in [3.8, 4) is 5.75 Å². The standard InChI is InChI=1S/C24H30Br2O2/c1-21(2,3)16-11-14-7-9-23(26)13-17(22(4,5)6)19(25)24(20(23)27)10-8-15(12-16)18(14)28-24/h11-13,19H,7-10H2,1-6H3. The highest BCUT2D eigenvalue weighted by Crippen LogP contribution is 2.55. The zero-order valence-electron chi connectivity index (χ0n) is 17.7. The van der Waals surface area contributed by atoms with Crippen LogP contribution in [0.15, 0.2) is 23.8 Å². The molecule has 1 aliphatic carbocycles. The number of rotatable bonds is 0. The molecule has 4 heteroatoms. The summed E-state index contributed by atoms with van der Waals surface area (Å²) in [4.78, 5) is 13.6. The van der Waals surface area contributed by atoms with E-state index in [9.17, 15) is 4.79 Å². The number of allylic oxidation sites excluding steroid dienone is 1. The van der Waals surface area contributed by atoms with Crippen LogP contribution in [0.3, 0.4) is 0 Å². The number of fused-ring (bicyclic) bond motifs is 1. The Bertz CT molecular complexity index is 887. The molecule has 2 aliphatic heterocycles. The van der Waals surface area contributed by atoms with Gasteiger partial charge in [0.2, 0.25) is 0 Å². The number of aryl methyl sites for hydroxylation is 2. The summed E-state index contributed by atoms with van der Waals surface area (Å²) in [6.45, 7) is 13.4. The predicted octanol–water partition coefficient (Wildman–Crippen LogP) is 6.45. The lowest BCUT2D eigenvalue weighted by Crippen LogP contribution is -2.64. The fourth-order valence-electron chi connectivity index (χ4n) is 4.78. The second-order valence-corrected chi connectivity index (χ2v) is 13.1. The molecule has 0 aromatic heterocycles. The first kappa shape index (κ1) is 20.7. The van der Waals surface area contributed by atoms with Gasteiger partial charge in [0.25, 0.3) is 0 Å². The molecular weight excluding hydrogens is 480 g/mol. The van der Waals surface area contributed by atoms with Crippen molar-refractivity contribution in [2.24, 2.45) is 5.41 Å². The van der Waals surface area contributed by atoms with Gasteiger partial charge in [0.05, 0.1) is 4.83 Å². The molecule has 0 fully saturated rings. The number of halogens is 2. The molecule has 2 heterocycles. The van der Waals surface area contributed by atoms with Crippen LogP contribution in [-0.4, -0.2) is 20.5 Å². The summed E-state index contributed by atoms with van der Waals surface area (Å²) >= 11 is 7.79. The minimum absolute atomic E-state index is 0.0390. The summed E-state index contributed by atoms with van der Waals surface area (Å²) in [5.74, 6) is 1.13. The Labute approximate surface area is 185 Å². The largest absolute Gasteiger partial charge is 0.477 e. The van der Waals surface area contributed by atoms with E-state index in [1.165, 1.54) is 22.3 Å². The number of hydrogen-bond acceptors (Lipinski definition) is 2. The quantitative estimate of drug-likeness (QED) is 0.297. The van der Waals surface area contributed by atoms with Crippen molar-refractivity contribution in [2.75, 3.05) is 0 Å². The van der Waals surface area contributed by atoms with Gasteiger partial charge in [-0.25, -0.2) is 0 Å². The van der Waals surface area contributed by atoms with Gasteiger partial charge in [0.1, 0.15) is 10.1 Å². The smallest absolute Gasteiger partial charge is 0.198 e. The minimum atomic E-state index is -0.841. The summed E-state index contributed by atoms with van der Waals surface area (Å²) in [7, 11) is 0. The van der Waals surface area contributed by atoms with Gasteiger partial charge in [-0.05, 0) is 52.4 Å². The van der Waals surface area contributed by atoms with E-state index < -0.39 is 9.93 Å². The number of hydrogen-bond donors (Lipinski definition) is 0. The molecule has 3 bridgehead atoms. The lowest BCUT2D eigenvalue weighted by molar-refractivity contribution is -0.138. The monoisotopic (exact) mass is 508 g/mol. The van der Waals surface area contributed by atoms with E-state index in [1.807, 2.05) is 0 Å². The van der Waals surface area contributed by atoms with E-state index in [2.05, 4.69) is 91.6 Å². The molecule has 0 N–H and O–H groups in total. The lowest BCUT2D eigenvalue weighted by Gasteiger charge is -2.51. The Morgan fingerprint density at radius 3 is 2.11 bits per heavy atom. The lowest BCUT2D eigenvalue weighted by atomic mass is 9.65. The Morgan fingerprint density at radius 2 is 1.57 bits per heavy atom. The van der Waals surface area contributed by atoms with Gasteiger partial charge in [-0.15, -0.1) is 0 Å². The van der Waals surface area contributed by atoms with E-state index in [0.717, 1.165) is 25.0 Å². The van der Waals surface area contributed by atoms with E-state index in [-0.39, 0.29) is 21.4 Å². The van der Waals surface area contributed by atoms with Crippen molar-refractivity contribution in [3.63, 3.8) is 0 Å². The Hall–Kier alpha value is -0.610. The van der Waals surface area contributed by atoms with Crippen LogP contribution >= 0.6 is 31.9 Å². The maximum atomic E-state index is 13.8. The fourth-order valence-corrected chi connectivity index (χ4v) is 6.91. The topological polar surface area (TPSA) is 26.3 Å². The van der Waals surface area contributed by atoms with Crippen LogP contribution in [0, 0.1) is 5.41 Å². The van der Waals surface area contributed by atoms with Gasteiger partial charge in [0.15, 0.2) is 11.4 Å². The highest BCUT2D eigenvalue weighted by molar-refractivity contribution is 9.10. The molecular formula is C24H30Br2O2. The van der Waals surface area contributed by atoms with Gasteiger partial charge in [-0.3, -0.25) is 4.79 Å². The van der Waals surface area contributed by atoms with Crippen LogP contribution in [0.2, 0.25) is 0 Å². The summed E-state index contributed by atoms with van der Waals surface area (Å²) in [6, 6.07) is 4.60. The first-order chi connectivity index (χ1) is 12.8. The molecule has 3 atom stereocenters. The maximum Gasteiger partial charge on any atom is 0.198 e. The first-order valence-corrected chi connectivity index (χ1v) is 12.0. The van der Waals surface area contributed by atoms with Crippen LogP contribution in [0.1, 0.15) is 71.1 Å². The number of alkyl halides is 2. The highest BCUT2D eigenvalue weighted by Gasteiger charge is 2.61. The number of Topliss-reactive ketones (excluding diaryl/α,β-unsaturated/α-hetero) is 1. The molecule has 3 unspecified atom stereocenters. The van der Waals surface area contributed by atoms with E-state index >= 15 is 0 Å². The van der Waals surface area contributed by atoms with Crippen molar-refractivity contribution < 1.29 is 9.53 Å². The average Bonchev–Trinajstić information content (AvgIpc) is 2.59. The SMILES string of the molecule is CC(C)(C)C1=CC2(Br)CCc3cc(C(C)(C)C)cc4c3OC(CC4)(C2=O)C1Br. The predicted molar refractivity (Wildman–Crippen MR) is 122 cm³/mol. The molecule has 0 saturated carbocycles. The molecule has 1 spiro atoms. The van der Waals surface area contributed by atoms with Crippen LogP contribution in [0.4, 0.5) is 0 Å².